The molecular weight excluding hydrogens is 334 g/mol. The molecule has 0 amide bonds. The van der Waals surface area contributed by atoms with E-state index in [2.05, 4.69) is 79.0 Å². The largest absolute Gasteiger partial charge is 0.463 e. The first-order valence-electron chi connectivity index (χ1n) is 9.90. The van der Waals surface area contributed by atoms with Crippen molar-refractivity contribution in [1.82, 2.24) is 5.32 Å². The molecule has 0 radical (unpaired) electrons. The second-order valence-corrected chi connectivity index (χ2v) is 7.21. The predicted octanol–water partition coefficient (Wildman–Crippen LogP) is 4.70. The van der Waals surface area contributed by atoms with E-state index in [1.165, 1.54) is 11.1 Å². The van der Waals surface area contributed by atoms with E-state index in [0.717, 1.165) is 18.4 Å². The molecule has 0 saturated carbocycles. The van der Waals surface area contributed by atoms with Gasteiger partial charge in [-0.15, -0.1) is 0 Å². The van der Waals surface area contributed by atoms with Crippen molar-refractivity contribution in [1.29, 1.82) is 0 Å². The molecule has 1 heterocycles. The van der Waals surface area contributed by atoms with Crippen LogP contribution in [-0.2, 0) is 9.53 Å². The van der Waals surface area contributed by atoms with Crippen molar-refractivity contribution >= 4 is 5.97 Å². The Hall–Kier alpha value is -2.39. The van der Waals surface area contributed by atoms with Gasteiger partial charge in [0, 0.05) is 24.1 Å². The van der Waals surface area contributed by atoms with E-state index in [4.69, 9.17) is 4.74 Å². The summed E-state index contributed by atoms with van der Waals surface area (Å²) in [6.45, 7) is 5.03. The molecule has 1 aliphatic rings. The summed E-state index contributed by atoms with van der Waals surface area (Å²) in [6, 6.07) is 21.8. The van der Waals surface area contributed by atoms with E-state index < -0.39 is 0 Å². The van der Waals surface area contributed by atoms with Crippen LogP contribution in [0.15, 0.2) is 72.3 Å². The molecule has 0 aromatic heterocycles. The average Bonchev–Trinajstić information content (AvgIpc) is 2.71. The first-order chi connectivity index (χ1) is 13.2. The summed E-state index contributed by atoms with van der Waals surface area (Å²) in [5.41, 5.74) is 3.47. The van der Waals surface area contributed by atoms with Gasteiger partial charge in [0.05, 0.1) is 6.61 Å². The summed E-state index contributed by atoms with van der Waals surface area (Å²) in [5, 5.41) is 3.55. The summed E-state index contributed by atoms with van der Waals surface area (Å²) in [7, 11) is 0. The molecule has 2 aromatic rings. The highest BCUT2D eigenvalue weighted by Crippen LogP contribution is 2.31. The molecule has 2 atom stereocenters. The zero-order valence-corrected chi connectivity index (χ0v) is 16.2. The van der Waals surface area contributed by atoms with Crippen molar-refractivity contribution in [2.45, 2.75) is 38.6 Å². The predicted molar refractivity (Wildman–Crippen MR) is 110 cm³/mol. The highest BCUT2D eigenvalue weighted by molar-refractivity contribution is 5.89. The van der Waals surface area contributed by atoms with Crippen LogP contribution in [0, 0.1) is 5.92 Å². The molecule has 3 heteroatoms. The normalized spacial score (nSPS) is 19.6. The number of esters is 1. The Balaban J connectivity index is 1.69. The summed E-state index contributed by atoms with van der Waals surface area (Å²) in [5.74, 6) is 0.504. The summed E-state index contributed by atoms with van der Waals surface area (Å²) in [4.78, 5) is 12.0. The van der Waals surface area contributed by atoms with Crippen molar-refractivity contribution in [2.75, 3.05) is 13.2 Å². The maximum Gasteiger partial charge on any atom is 0.334 e. The molecular formula is C24H29NO2. The first kappa shape index (κ1) is 19.4. The third-order valence-corrected chi connectivity index (χ3v) is 5.36. The van der Waals surface area contributed by atoms with E-state index >= 15 is 0 Å². The van der Waals surface area contributed by atoms with Crippen LogP contribution >= 0.6 is 0 Å². The number of rotatable bonds is 7. The van der Waals surface area contributed by atoms with Crippen molar-refractivity contribution in [2.24, 2.45) is 5.92 Å². The van der Waals surface area contributed by atoms with Gasteiger partial charge in [-0.05, 0) is 36.8 Å². The molecule has 142 valence electrons. The lowest BCUT2D eigenvalue weighted by Crippen LogP contribution is -2.41. The summed E-state index contributed by atoms with van der Waals surface area (Å²) < 4.78 is 5.13. The number of ether oxygens (including phenoxy) is 1. The SMILES string of the molecule is CCOC(=O)C1=C[C@H](C)[C@@H](CCC(c2ccccc2)c2ccccc2)NC1. The summed E-state index contributed by atoms with van der Waals surface area (Å²) >= 11 is 0. The number of hydrogen-bond acceptors (Lipinski definition) is 3. The number of nitrogens with one attached hydrogen (secondary N) is 1. The zero-order chi connectivity index (χ0) is 19.1. The fourth-order valence-electron chi connectivity index (χ4n) is 3.89. The Morgan fingerprint density at radius 2 is 1.67 bits per heavy atom. The molecule has 0 spiro atoms. The van der Waals surface area contributed by atoms with Crippen LogP contribution in [0.5, 0.6) is 0 Å². The molecule has 27 heavy (non-hydrogen) atoms. The van der Waals surface area contributed by atoms with Gasteiger partial charge >= 0.3 is 5.97 Å². The van der Waals surface area contributed by atoms with E-state index in [1.54, 1.807) is 0 Å². The molecule has 0 unspecified atom stereocenters. The average molecular weight is 364 g/mol. The monoisotopic (exact) mass is 363 g/mol. The Bertz CT molecular complexity index is 715. The van der Waals surface area contributed by atoms with Crippen LogP contribution in [0.3, 0.4) is 0 Å². The van der Waals surface area contributed by atoms with Crippen LogP contribution in [0.25, 0.3) is 0 Å². The molecule has 1 N–H and O–H groups in total. The van der Waals surface area contributed by atoms with Crippen molar-refractivity contribution in [3.8, 4) is 0 Å². The van der Waals surface area contributed by atoms with Crippen molar-refractivity contribution in [3.05, 3.63) is 83.4 Å². The van der Waals surface area contributed by atoms with Gasteiger partial charge in [0.1, 0.15) is 0 Å². The Morgan fingerprint density at radius 1 is 1.07 bits per heavy atom. The number of carbonyl (C=O) groups is 1. The van der Waals surface area contributed by atoms with Gasteiger partial charge in [0.2, 0.25) is 0 Å². The van der Waals surface area contributed by atoms with E-state index in [9.17, 15) is 4.79 Å². The Morgan fingerprint density at radius 3 is 2.19 bits per heavy atom. The maximum absolute atomic E-state index is 12.0. The lowest BCUT2D eigenvalue weighted by atomic mass is 9.83. The zero-order valence-electron chi connectivity index (χ0n) is 16.2. The minimum Gasteiger partial charge on any atom is -0.463 e. The van der Waals surface area contributed by atoms with E-state index in [-0.39, 0.29) is 5.97 Å². The molecule has 0 fully saturated rings. The molecule has 2 aromatic carbocycles. The third-order valence-electron chi connectivity index (χ3n) is 5.36. The second-order valence-electron chi connectivity index (χ2n) is 7.21. The first-order valence-corrected chi connectivity index (χ1v) is 9.90. The lowest BCUT2D eigenvalue weighted by Gasteiger charge is -2.30. The lowest BCUT2D eigenvalue weighted by molar-refractivity contribution is -0.138. The number of hydrogen-bond donors (Lipinski definition) is 1. The van der Waals surface area contributed by atoms with Crippen LogP contribution in [0.1, 0.15) is 43.7 Å². The molecule has 1 aliphatic heterocycles. The van der Waals surface area contributed by atoms with Gasteiger partial charge in [-0.1, -0.05) is 73.7 Å². The fourth-order valence-corrected chi connectivity index (χ4v) is 3.89. The molecule has 0 saturated heterocycles. The topological polar surface area (TPSA) is 38.3 Å². The second kappa shape index (κ2) is 9.52. The standard InChI is InChI=1S/C24H29NO2/c1-3-27-24(26)21-16-18(2)23(25-17-21)15-14-22(19-10-6-4-7-11-19)20-12-8-5-9-13-20/h4-13,16,18,22-23,25H,3,14-15,17H2,1-2H3/t18-,23+/m0/s1. The minimum atomic E-state index is -0.193. The van der Waals surface area contributed by atoms with Gasteiger partial charge in [-0.3, -0.25) is 0 Å². The van der Waals surface area contributed by atoms with Gasteiger partial charge in [0.25, 0.3) is 0 Å². The van der Waals surface area contributed by atoms with Crippen molar-refractivity contribution in [3.63, 3.8) is 0 Å². The molecule has 3 nitrogen and oxygen atoms in total. The maximum atomic E-state index is 12.0. The van der Waals surface area contributed by atoms with Crippen LogP contribution in [0.4, 0.5) is 0 Å². The van der Waals surface area contributed by atoms with Gasteiger partial charge in [-0.25, -0.2) is 4.79 Å². The van der Waals surface area contributed by atoms with Crippen LogP contribution in [-0.4, -0.2) is 25.2 Å². The third kappa shape index (κ3) is 5.08. The molecule has 0 bridgehead atoms. The number of carbonyl (C=O) groups excluding carboxylic acids is 1. The summed E-state index contributed by atoms with van der Waals surface area (Å²) in [6.07, 6.45) is 4.21. The van der Waals surface area contributed by atoms with Gasteiger partial charge in [0.15, 0.2) is 0 Å². The van der Waals surface area contributed by atoms with E-state index in [0.29, 0.717) is 31.0 Å². The van der Waals surface area contributed by atoms with Crippen molar-refractivity contribution < 1.29 is 9.53 Å². The highest BCUT2D eigenvalue weighted by Gasteiger charge is 2.25. The Kier molecular flexibility index (Phi) is 6.83. The van der Waals surface area contributed by atoms with Crippen LogP contribution in [0.2, 0.25) is 0 Å². The smallest absolute Gasteiger partial charge is 0.334 e. The molecule has 3 rings (SSSR count). The Labute approximate surface area is 162 Å². The van der Waals surface area contributed by atoms with Gasteiger partial charge < -0.3 is 10.1 Å². The molecule has 0 aliphatic carbocycles. The van der Waals surface area contributed by atoms with Crippen LogP contribution < -0.4 is 5.32 Å². The fraction of sp³-hybridized carbons (Fsp3) is 0.375. The van der Waals surface area contributed by atoms with E-state index in [1.807, 2.05) is 6.92 Å². The minimum absolute atomic E-state index is 0.193. The van der Waals surface area contributed by atoms with Gasteiger partial charge in [-0.2, -0.15) is 0 Å². The number of benzene rings is 2. The quantitative estimate of drug-likeness (QED) is 0.725. The highest BCUT2D eigenvalue weighted by atomic mass is 16.5.